The lowest BCUT2D eigenvalue weighted by molar-refractivity contribution is 0.0778. The van der Waals surface area contributed by atoms with Gasteiger partial charge in [-0.2, -0.15) is 0 Å². The Hall–Kier alpha value is -1.14. The van der Waals surface area contributed by atoms with Crippen molar-refractivity contribution in [3.05, 3.63) is 28.0 Å². The van der Waals surface area contributed by atoms with Gasteiger partial charge in [-0.05, 0) is 34.5 Å². The molecule has 18 heavy (non-hydrogen) atoms. The molecule has 1 aromatic carbocycles. The fourth-order valence-corrected chi connectivity index (χ4v) is 1.97. The van der Waals surface area contributed by atoms with E-state index in [1.54, 1.807) is 19.1 Å². The van der Waals surface area contributed by atoms with Crippen molar-refractivity contribution in [2.45, 2.75) is 6.42 Å². The van der Waals surface area contributed by atoms with Gasteiger partial charge in [0.25, 0.3) is 5.91 Å². The van der Waals surface area contributed by atoms with Gasteiger partial charge in [0.05, 0.1) is 11.3 Å². The Labute approximate surface area is 114 Å². The molecule has 0 atom stereocenters. The van der Waals surface area contributed by atoms with E-state index < -0.39 is 5.82 Å². The highest BCUT2D eigenvalue weighted by Crippen LogP contribution is 2.23. The van der Waals surface area contributed by atoms with Crippen LogP contribution in [-0.4, -0.2) is 38.1 Å². The second-order valence-corrected chi connectivity index (χ2v) is 4.78. The number of methoxy groups -OCH3 is 1. The van der Waals surface area contributed by atoms with Crippen molar-refractivity contribution in [1.29, 1.82) is 0 Å². The average Bonchev–Trinajstić information content (AvgIpc) is 2.33. The minimum absolute atomic E-state index is 0.0353. The van der Waals surface area contributed by atoms with Crippen molar-refractivity contribution in [3.63, 3.8) is 0 Å². The molecule has 0 saturated heterocycles. The van der Waals surface area contributed by atoms with Gasteiger partial charge in [0.15, 0.2) is 0 Å². The molecule has 0 aliphatic heterocycles. The summed E-state index contributed by atoms with van der Waals surface area (Å²) in [5, 5.41) is 0. The lowest BCUT2D eigenvalue weighted by Gasteiger charge is -2.18. The SMILES string of the molecule is COCCCN(C)C(=O)c1cc(N)c(F)cc1Br. The fourth-order valence-electron chi connectivity index (χ4n) is 1.48. The summed E-state index contributed by atoms with van der Waals surface area (Å²) in [6.45, 7) is 1.15. The van der Waals surface area contributed by atoms with Crippen LogP contribution in [-0.2, 0) is 4.74 Å². The van der Waals surface area contributed by atoms with Crippen LogP contribution in [0.4, 0.5) is 10.1 Å². The first kappa shape index (κ1) is 14.9. The molecule has 0 unspecified atom stereocenters. The summed E-state index contributed by atoms with van der Waals surface area (Å²) in [6, 6.07) is 2.54. The molecule has 0 heterocycles. The molecule has 0 aliphatic rings. The molecule has 0 aromatic heterocycles. The Morgan fingerprint density at radius 1 is 1.56 bits per heavy atom. The highest BCUT2D eigenvalue weighted by Gasteiger charge is 2.16. The van der Waals surface area contributed by atoms with Crippen LogP contribution in [0, 0.1) is 5.82 Å². The smallest absolute Gasteiger partial charge is 0.254 e. The molecule has 100 valence electrons. The van der Waals surface area contributed by atoms with E-state index in [-0.39, 0.29) is 11.6 Å². The van der Waals surface area contributed by atoms with E-state index in [4.69, 9.17) is 10.5 Å². The van der Waals surface area contributed by atoms with Crippen molar-refractivity contribution in [2.75, 3.05) is 33.0 Å². The molecule has 0 radical (unpaired) electrons. The fraction of sp³-hybridized carbons (Fsp3) is 0.417. The molecule has 1 rings (SSSR count). The number of nitrogens with zero attached hydrogens (tertiary/aromatic N) is 1. The van der Waals surface area contributed by atoms with Gasteiger partial charge in [0, 0.05) is 31.8 Å². The van der Waals surface area contributed by atoms with Crippen LogP contribution in [0.1, 0.15) is 16.8 Å². The van der Waals surface area contributed by atoms with E-state index in [1.807, 2.05) is 0 Å². The lowest BCUT2D eigenvalue weighted by atomic mass is 10.1. The number of anilines is 1. The van der Waals surface area contributed by atoms with E-state index in [2.05, 4.69) is 15.9 Å². The number of hydrogen-bond acceptors (Lipinski definition) is 3. The summed E-state index contributed by atoms with van der Waals surface area (Å²) in [5.74, 6) is -0.745. The van der Waals surface area contributed by atoms with Crippen LogP contribution < -0.4 is 5.73 Å². The lowest BCUT2D eigenvalue weighted by Crippen LogP contribution is -2.28. The number of hydrogen-bond donors (Lipinski definition) is 1. The van der Waals surface area contributed by atoms with E-state index >= 15 is 0 Å². The molecule has 0 fully saturated rings. The molecule has 1 amide bonds. The standard InChI is InChI=1S/C12H16BrFN2O2/c1-16(4-3-5-18-2)12(17)8-6-11(15)10(14)7-9(8)13/h6-7H,3-5,15H2,1-2H3. The number of nitrogen functional groups attached to an aromatic ring is 1. The van der Waals surface area contributed by atoms with Gasteiger partial charge >= 0.3 is 0 Å². The predicted molar refractivity (Wildman–Crippen MR) is 72.0 cm³/mol. The topological polar surface area (TPSA) is 55.6 Å². The molecule has 4 nitrogen and oxygen atoms in total. The second kappa shape index (κ2) is 6.70. The number of benzene rings is 1. The number of rotatable bonds is 5. The van der Waals surface area contributed by atoms with Crippen LogP contribution in [0.3, 0.4) is 0 Å². The average molecular weight is 319 g/mol. The number of amides is 1. The minimum Gasteiger partial charge on any atom is -0.396 e. The maximum Gasteiger partial charge on any atom is 0.254 e. The summed E-state index contributed by atoms with van der Waals surface area (Å²) < 4.78 is 18.5. The summed E-state index contributed by atoms with van der Waals surface area (Å²) in [6.07, 6.45) is 0.743. The van der Waals surface area contributed by atoms with E-state index in [0.717, 1.165) is 6.42 Å². The number of halogens is 2. The highest BCUT2D eigenvalue weighted by atomic mass is 79.9. The largest absolute Gasteiger partial charge is 0.396 e. The molecule has 1 aromatic rings. The van der Waals surface area contributed by atoms with Crippen LogP contribution in [0.5, 0.6) is 0 Å². The Morgan fingerprint density at radius 3 is 2.83 bits per heavy atom. The summed E-state index contributed by atoms with van der Waals surface area (Å²) in [7, 11) is 3.29. The Balaban J connectivity index is 2.80. The van der Waals surface area contributed by atoms with Crippen molar-refractivity contribution < 1.29 is 13.9 Å². The molecular weight excluding hydrogens is 303 g/mol. The van der Waals surface area contributed by atoms with Gasteiger partial charge in [0.2, 0.25) is 0 Å². The molecule has 0 bridgehead atoms. The number of carbonyl (C=O) groups excluding carboxylic acids is 1. The van der Waals surface area contributed by atoms with Crippen molar-refractivity contribution in [1.82, 2.24) is 4.90 Å². The third-order valence-corrected chi connectivity index (χ3v) is 3.16. The van der Waals surface area contributed by atoms with E-state index in [1.165, 1.54) is 12.1 Å². The summed E-state index contributed by atoms with van der Waals surface area (Å²) in [5.41, 5.74) is 5.78. The van der Waals surface area contributed by atoms with Gasteiger partial charge in [-0.3, -0.25) is 4.79 Å². The third-order valence-electron chi connectivity index (χ3n) is 2.51. The van der Waals surface area contributed by atoms with Crippen molar-refractivity contribution in [3.8, 4) is 0 Å². The first-order valence-corrected chi connectivity index (χ1v) is 6.25. The van der Waals surface area contributed by atoms with Crippen LogP contribution in [0.2, 0.25) is 0 Å². The van der Waals surface area contributed by atoms with E-state index in [9.17, 15) is 9.18 Å². The van der Waals surface area contributed by atoms with Gasteiger partial charge < -0.3 is 15.4 Å². The number of carbonyl (C=O) groups is 1. The van der Waals surface area contributed by atoms with Gasteiger partial charge in [-0.15, -0.1) is 0 Å². The van der Waals surface area contributed by atoms with E-state index in [0.29, 0.717) is 23.2 Å². The van der Waals surface area contributed by atoms with Gasteiger partial charge in [-0.1, -0.05) is 0 Å². The minimum atomic E-state index is -0.541. The third kappa shape index (κ3) is 3.68. The highest BCUT2D eigenvalue weighted by molar-refractivity contribution is 9.10. The van der Waals surface area contributed by atoms with Gasteiger partial charge in [0.1, 0.15) is 5.82 Å². The van der Waals surface area contributed by atoms with Crippen LogP contribution in [0.15, 0.2) is 16.6 Å². The molecule has 0 aliphatic carbocycles. The Morgan fingerprint density at radius 2 is 2.22 bits per heavy atom. The molecular formula is C12H16BrFN2O2. The molecule has 0 spiro atoms. The van der Waals surface area contributed by atoms with Crippen LogP contribution >= 0.6 is 15.9 Å². The Kier molecular flexibility index (Phi) is 5.55. The van der Waals surface area contributed by atoms with Crippen LogP contribution in [0.25, 0.3) is 0 Å². The summed E-state index contributed by atoms with van der Waals surface area (Å²) in [4.78, 5) is 13.7. The predicted octanol–water partition coefficient (Wildman–Crippen LogP) is 2.28. The molecule has 2 N–H and O–H groups in total. The maximum atomic E-state index is 13.2. The molecule has 6 heteroatoms. The quantitative estimate of drug-likeness (QED) is 0.669. The van der Waals surface area contributed by atoms with Gasteiger partial charge in [-0.25, -0.2) is 4.39 Å². The van der Waals surface area contributed by atoms with Crippen molar-refractivity contribution >= 4 is 27.5 Å². The monoisotopic (exact) mass is 318 g/mol. The zero-order chi connectivity index (χ0) is 13.7. The number of ether oxygens (including phenoxy) is 1. The maximum absolute atomic E-state index is 13.2. The second-order valence-electron chi connectivity index (χ2n) is 3.93. The first-order valence-electron chi connectivity index (χ1n) is 5.46. The Bertz CT molecular complexity index is 440. The zero-order valence-electron chi connectivity index (χ0n) is 10.4. The normalized spacial score (nSPS) is 10.4. The van der Waals surface area contributed by atoms with Crippen molar-refractivity contribution in [2.24, 2.45) is 0 Å². The first-order chi connectivity index (χ1) is 8.47. The number of nitrogens with two attached hydrogens (primary N) is 1. The molecule has 0 saturated carbocycles. The summed E-state index contributed by atoms with van der Waals surface area (Å²) >= 11 is 3.16. The zero-order valence-corrected chi connectivity index (χ0v) is 12.0.